The van der Waals surface area contributed by atoms with E-state index in [4.69, 9.17) is 10.8 Å². The first-order valence-electron chi connectivity index (χ1n) is 5.23. The zero-order valence-corrected chi connectivity index (χ0v) is 9.10. The second-order valence-electron chi connectivity index (χ2n) is 4.22. The summed E-state index contributed by atoms with van der Waals surface area (Å²) in [4.78, 5) is 32.8. The zero-order chi connectivity index (χ0) is 12.3. The van der Waals surface area contributed by atoms with Crippen molar-refractivity contribution in [1.29, 1.82) is 0 Å². The molecule has 0 spiro atoms. The average molecular weight is 228 g/mol. The molecule has 0 aliphatic heterocycles. The summed E-state index contributed by atoms with van der Waals surface area (Å²) in [5, 5.41) is 11.3. The molecule has 1 saturated carbocycles. The van der Waals surface area contributed by atoms with Gasteiger partial charge in [0, 0.05) is 12.3 Å². The molecule has 3 unspecified atom stereocenters. The first kappa shape index (κ1) is 12.5. The highest BCUT2D eigenvalue weighted by Crippen LogP contribution is 2.37. The molecule has 1 aliphatic carbocycles. The molecule has 0 heterocycles. The van der Waals surface area contributed by atoms with E-state index in [0.717, 1.165) is 6.42 Å². The molecule has 90 valence electrons. The predicted molar refractivity (Wildman–Crippen MR) is 55.3 cm³/mol. The number of aliphatic carboxylic acids is 1. The number of amides is 2. The Balaban J connectivity index is 2.41. The van der Waals surface area contributed by atoms with E-state index >= 15 is 0 Å². The van der Waals surface area contributed by atoms with Gasteiger partial charge in [0.1, 0.15) is 6.04 Å². The second-order valence-corrected chi connectivity index (χ2v) is 4.22. The number of nitrogens with two attached hydrogens (primary N) is 1. The van der Waals surface area contributed by atoms with Crippen molar-refractivity contribution in [3.05, 3.63) is 0 Å². The van der Waals surface area contributed by atoms with Crippen LogP contribution < -0.4 is 11.1 Å². The predicted octanol–water partition coefficient (Wildman–Crippen LogP) is -0.523. The Hall–Kier alpha value is -1.59. The Morgan fingerprint density at radius 2 is 2.06 bits per heavy atom. The number of primary amides is 1. The molecule has 16 heavy (non-hydrogen) atoms. The minimum atomic E-state index is -1.14. The molecule has 0 bridgehead atoms. The Morgan fingerprint density at radius 3 is 2.44 bits per heavy atom. The molecule has 0 aromatic rings. The molecule has 6 nitrogen and oxygen atoms in total. The average Bonchev–Trinajstić information content (AvgIpc) is 2.88. The summed E-state index contributed by atoms with van der Waals surface area (Å²) in [5.41, 5.74) is 4.92. The van der Waals surface area contributed by atoms with Crippen molar-refractivity contribution < 1.29 is 19.5 Å². The number of carbonyl (C=O) groups is 3. The fourth-order valence-electron chi connectivity index (χ4n) is 1.51. The minimum absolute atomic E-state index is 0.0392. The van der Waals surface area contributed by atoms with Crippen molar-refractivity contribution in [1.82, 2.24) is 5.32 Å². The van der Waals surface area contributed by atoms with Gasteiger partial charge in [-0.3, -0.25) is 9.59 Å². The van der Waals surface area contributed by atoms with Gasteiger partial charge in [-0.15, -0.1) is 0 Å². The number of carbonyl (C=O) groups excluding carboxylic acids is 2. The van der Waals surface area contributed by atoms with Crippen LogP contribution in [-0.4, -0.2) is 28.9 Å². The van der Waals surface area contributed by atoms with Gasteiger partial charge < -0.3 is 16.2 Å². The molecule has 1 fully saturated rings. The van der Waals surface area contributed by atoms with E-state index in [9.17, 15) is 14.4 Å². The lowest BCUT2D eigenvalue weighted by Gasteiger charge is -2.13. The van der Waals surface area contributed by atoms with Crippen LogP contribution in [0.1, 0.15) is 26.2 Å². The van der Waals surface area contributed by atoms with Gasteiger partial charge in [0.05, 0.1) is 0 Å². The Labute approximate surface area is 93.2 Å². The Bertz CT molecular complexity index is 316. The zero-order valence-electron chi connectivity index (χ0n) is 9.10. The molecule has 2 amide bonds. The smallest absolute Gasteiger partial charge is 0.326 e. The van der Waals surface area contributed by atoms with E-state index < -0.39 is 17.9 Å². The first-order chi connectivity index (χ1) is 7.41. The molecule has 1 aliphatic rings. The highest BCUT2D eigenvalue weighted by molar-refractivity contribution is 5.87. The van der Waals surface area contributed by atoms with Crippen molar-refractivity contribution in [3.63, 3.8) is 0 Å². The van der Waals surface area contributed by atoms with Crippen LogP contribution in [0, 0.1) is 11.8 Å². The Kier molecular flexibility index (Phi) is 3.87. The molecule has 0 aromatic carbocycles. The fraction of sp³-hybridized carbons (Fsp3) is 0.700. The number of carboxylic acid groups (broad SMARTS) is 1. The summed E-state index contributed by atoms with van der Waals surface area (Å²) < 4.78 is 0. The molecule has 0 saturated heterocycles. The lowest BCUT2D eigenvalue weighted by Crippen LogP contribution is -2.42. The number of rotatable bonds is 6. The van der Waals surface area contributed by atoms with E-state index in [1.54, 1.807) is 0 Å². The third-order valence-corrected chi connectivity index (χ3v) is 2.74. The lowest BCUT2D eigenvalue weighted by atomic mass is 10.1. The highest BCUT2D eigenvalue weighted by atomic mass is 16.4. The van der Waals surface area contributed by atoms with Crippen molar-refractivity contribution in [2.75, 3.05) is 0 Å². The van der Waals surface area contributed by atoms with Gasteiger partial charge in [-0.05, 0) is 18.8 Å². The van der Waals surface area contributed by atoms with E-state index in [1.807, 2.05) is 6.92 Å². The van der Waals surface area contributed by atoms with Gasteiger partial charge >= 0.3 is 5.97 Å². The summed E-state index contributed by atoms with van der Waals surface area (Å²) in [6, 6.07) is -1.02. The number of hydrogen-bond acceptors (Lipinski definition) is 3. The molecule has 1 rings (SSSR count). The lowest BCUT2D eigenvalue weighted by molar-refractivity contribution is -0.142. The van der Waals surface area contributed by atoms with Gasteiger partial charge in [0.15, 0.2) is 0 Å². The molecule has 0 aromatic heterocycles. The fourth-order valence-corrected chi connectivity index (χ4v) is 1.51. The maximum atomic E-state index is 11.5. The molecular weight excluding hydrogens is 212 g/mol. The van der Waals surface area contributed by atoms with E-state index in [-0.39, 0.29) is 24.7 Å². The van der Waals surface area contributed by atoms with Crippen molar-refractivity contribution >= 4 is 17.8 Å². The molecular formula is C10H16N2O4. The van der Waals surface area contributed by atoms with Gasteiger partial charge in [-0.2, -0.15) is 0 Å². The molecule has 4 N–H and O–H groups in total. The normalized spacial score (nSPS) is 24.6. The van der Waals surface area contributed by atoms with Crippen LogP contribution in [0.4, 0.5) is 0 Å². The van der Waals surface area contributed by atoms with Gasteiger partial charge in [-0.25, -0.2) is 4.79 Å². The third kappa shape index (κ3) is 3.52. The molecule has 3 atom stereocenters. The molecule has 6 heteroatoms. The number of nitrogens with one attached hydrogen (secondary N) is 1. The van der Waals surface area contributed by atoms with E-state index in [0.29, 0.717) is 5.92 Å². The first-order valence-corrected chi connectivity index (χ1v) is 5.23. The van der Waals surface area contributed by atoms with Gasteiger partial charge in [0.2, 0.25) is 11.8 Å². The second kappa shape index (κ2) is 4.96. The largest absolute Gasteiger partial charge is 0.480 e. The standard InChI is InChI=1S/C10H16N2O4/c1-5-4-6(5)9(14)12-7(10(15)16)2-3-8(11)13/h5-7H,2-4H2,1H3,(H2,11,13)(H,12,14)(H,15,16). The van der Waals surface area contributed by atoms with Crippen LogP contribution in [0.15, 0.2) is 0 Å². The maximum absolute atomic E-state index is 11.5. The topological polar surface area (TPSA) is 109 Å². The van der Waals surface area contributed by atoms with Gasteiger partial charge in [0.25, 0.3) is 0 Å². The van der Waals surface area contributed by atoms with Crippen LogP contribution in [0.3, 0.4) is 0 Å². The van der Waals surface area contributed by atoms with E-state index in [2.05, 4.69) is 5.32 Å². The van der Waals surface area contributed by atoms with Gasteiger partial charge in [-0.1, -0.05) is 6.92 Å². The summed E-state index contributed by atoms with van der Waals surface area (Å²) >= 11 is 0. The highest BCUT2D eigenvalue weighted by Gasteiger charge is 2.40. The van der Waals surface area contributed by atoms with Crippen LogP contribution >= 0.6 is 0 Å². The van der Waals surface area contributed by atoms with Crippen LogP contribution in [-0.2, 0) is 14.4 Å². The van der Waals surface area contributed by atoms with Crippen molar-refractivity contribution in [2.45, 2.75) is 32.2 Å². The monoisotopic (exact) mass is 228 g/mol. The van der Waals surface area contributed by atoms with Crippen molar-refractivity contribution in [3.8, 4) is 0 Å². The van der Waals surface area contributed by atoms with Crippen LogP contribution in [0.5, 0.6) is 0 Å². The number of carboxylic acids is 1. The quantitative estimate of drug-likeness (QED) is 0.568. The van der Waals surface area contributed by atoms with Crippen LogP contribution in [0.2, 0.25) is 0 Å². The summed E-state index contributed by atoms with van der Waals surface area (Å²) in [6.45, 7) is 1.93. The SMILES string of the molecule is CC1CC1C(=O)NC(CCC(N)=O)C(=O)O. The molecule has 0 radical (unpaired) electrons. The summed E-state index contributed by atoms with van der Waals surface area (Å²) in [6.07, 6.45) is 0.795. The van der Waals surface area contributed by atoms with E-state index in [1.165, 1.54) is 0 Å². The van der Waals surface area contributed by atoms with Crippen molar-refractivity contribution in [2.24, 2.45) is 17.6 Å². The Morgan fingerprint density at radius 1 is 1.50 bits per heavy atom. The van der Waals surface area contributed by atoms with Crippen LogP contribution in [0.25, 0.3) is 0 Å². The minimum Gasteiger partial charge on any atom is -0.480 e. The summed E-state index contributed by atoms with van der Waals surface area (Å²) in [7, 11) is 0. The maximum Gasteiger partial charge on any atom is 0.326 e. The summed E-state index contributed by atoms with van der Waals surface area (Å²) in [5.74, 6) is -1.70. The number of hydrogen-bond donors (Lipinski definition) is 3. The third-order valence-electron chi connectivity index (χ3n) is 2.74.